The molecule has 2 saturated heterocycles. The van der Waals surface area contributed by atoms with Crippen molar-refractivity contribution in [2.24, 2.45) is 0 Å². The van der Waals surface area contributed by atoms with E-state index in [2.05, 4.69) is 4.90 Å². The van der Waals surface area contributed by atoms with Crippen LogP contribution in [0.3, 0.4) is 0 Å². The van der Waals surface area contributed by atoms with E-state index in [0.29, 0.717) is 6.10 Å². The minimum absolute atomic E-state index is 0.171. The summed E-state index contributed by atoms with van der Waals surface area (Å²) in [6, 6.07) is 7.91. The fourth-order valence-corrected chi connectivity index (χ4v) is 3.56. The minimum Gasteiger partial charge on any atom is -0.377 e. The number of hydrogen-bond acceptors (Lipinski definition) is 3. The smallest absolute Gasteiger partial charge is 0.253 e. The van der Waals surface area contributed by atoms with E-state index >= 15 is 0 Å². The molecule has 0 bridgehead atoms. The maximum atomic E-state index is 12.7. The van der Waals surface area contributed by atoms with Gasteiger partial charge in [0.2, 0.25) is 0 Å². The molecule has 1 unspecified atom stereocenters. The third-order valence-corrected chi connectivity index (χ3v) is 4.88. The molecule has 2 aliphatic rings. The van der Waals surface area contributed by atoms with E-state index in [4.69, 9.17) is 4.74 Å². The number of amides is 1. The molecule has 1 aromatic rings. The molecule has 126 valence electrons. The van der Waals surface area contributed by atoms with Crippen LogP contribution in [0.2, 0.25) is 0 Å². The average Bonchev–Trinajstić information content (AvgIpc) is 2.81. The lowest BCUT2D eigenvalue weighted by molar-refractivity contribution is -0.00491. The third-order valence-electron chi connectivity index (χ3n) is 4.88. The molecular weight excluding hydrogens is 288 g/mol. The van der Waals surface area contributed by atoms with Crippen LogP contribution in [0, 0.1) is 6.92 Å². The van der Waals surface area contributed by atoms with Gasteiger partial charge in [-0.3, -0.25) is 9.69 Å². The second kappa shape index (κ2) is 7.93. The molecule has 1 amide bonds. The van der Waals surface area contributed by atoms with Crippen molar-refractivity contribution in [3.63, 3.8) is 0 Å². The molecular formula is C19H28N2O2. The first-order valence-electron chi connectivity index (χ1n) is 8.92. The van der Waals surface area contributed by atoms with Gasteiger partial charge in [0.1, 0.15) is 0 Å². The first kappa shape index (κ1) is 16.5. The fourth-order valence-electron chi connectivity index (χ4n) is 3.56. The Morgan fingerprint density at radius 2 is 2.09 bits per heavy atom. The quantitative estimate of drug-likeness (QED) is 0.859. The summed E-state index contributed by atoms with van der Waals surface area (Å²) in [4.78, 5) is 17.2. The predicted octanol–water partition coefficient (Wildman–Crippen LogP) is 2.71. The molecule has 0 saturated carbocycles. The van der Waals surface area contributed by atoms with Gasteiger partial charge in [0.25, 0.3) is 5.91 Å². The van der Waals surface area contributed by atoms with Crippen LogP contribution < -0.4 is 0 Å². The van der Waals surface area contributed by atoms with Crippen molar-refractivity contribution in [3.05, 3.63) is 35.4 Å². The predicted molar refractivity (Wildman–Crippen MR) is 91.7 cm³/mol. The van der Waals surface area contributed by atoms with Crippen molar-refractivity contribution >= 4 is 5.91 Å². The minimum atomic E-state index is 0.171. The number of nitrogens with zero attached hydrogens (tertiary/aromatic N) is 2. The first-order valence-corrected chi connectivity index (χ1v) is 8.92. The van der Waals surface area contributed by atoms with E-state index in [1.165, 1.54) is 19.3 Å². The number of carbonyl (C=O) groups excluding carboxylic acids is 1. The largest absolute Gasteiger partial charge is 0.377 e. The van der Waals surface area contributed by atoms with Gasteiger partial charge in [-0.1, -0.05) is 17.7 Å². The van der Waals surface area contributed by atoms with Gasteiger partial charge in [0.05, 0.1) is 6.10 Å². The van der Waals surface area contributed by atoms with E-state index < -0.39 is 0 Å². The SMILES string of the molecule is Cc1cccc(C(=O)N2CCCN(CC3CCCCO3)CC2)c1. The summed E-state index contributed by atoms with van der Waals surface area (Å²) in [7, 11) is 0. The summed E-state index contributed by atoms with van der Waals surface area (Å²) < 4.78 is 5.86. The summed E-state index contributed by atoms with van der Waals surface area (Å²) >= 11 is 0. The lowest BCUT2D eigenvalue weighted by atomic mass is 10.1. The van der Waals surface area contributed by atoms with Crippen LogP contribution in [-0.4, -0.2) is 61.1 Å². The summed E-state index contributed by atoms with van der Waals surface area (Å²) in [5.74, 6) is 0.171. The standard InChI is InChI=1S/C19H28N2O2/c1-16-6-4-7-17(14-16)19(22)21-10-5-9-20(11-12-21)15-18-8-2-3-13-23-18/h4,6-7,14,18H,2-3,5,8-13,15H2,1H3. The van der Waals surface area contributed by atoms with E-state index in [0.717, 1.165) is 56.9 Å². The molecule has 2 heterocycles. The molecule has 0 spiro atoms. The molecule has 0 radical (unpaired) electrons. The highest BCUT2D eigenvalue weighted by atomic mass is 16.5. The fraction of sp³-hybridized carbons (Fsp3) is 0.632. The van der Waals surface area contributed by atoms with Gasteiger partial charge in [0.15, 0.2) is 0 Å². The zero-order valence-electron chi connectivity index (χ0n) is 14.2. The van der Waals surface area contributed by atoms with Gasteiger partial charge in [0, 0.05) is 38.3 Å². The lowest BCUT2D eigenvalue weighted by Crippen LogP contribution is -2.39. The van der Waals surface area contributed by atoms with Crippen molar-refractivity contribution in [3.8, 4) is 0 Å². The van der Waals surface area contributed by atoms with E-state index in [1.807, 2.05) is 36.1 Å². The Morgan fingerprint density at radius 1 is 1.17 bits per heavy atom. The highest BCUT2D eigenvalue weighted by molar-refractivity contribution is 5.94. The highest BCUT2D eigenvalue weighted by Crippen LogP contribution is 2.16. The zero-order valence-corrected chi connectivity index (χ0v) is 14.2. The summed E-state index contributed by atoms with van der Waals surface area (Å²) in [5, 5.41) is 0. The molecule has 4 heteroatoms. The molecule has 2 aliphatic heterocycles. The average molecular weight is 316 g/mol. The number of benzene rings is 1. The third kappa shape index (κ3) is 4.55. The van der Waals surface area contributed by atoms with Crippen LogP contribution in [0.4, 0.5) is 0 Å². The van der Waals surface area contributed by atoms with Crippen molar-refractivity contribution in [1.29, 1.82) is 0 Å². The topological polar surface area (TPSA) is 32.8 Å². The molecule has 4 nitrogen and oxygen atoms in total. The van der Waals surface area contributed by atoms with Gasteiger partial charge >= 0.3 is 0 Å². The van der Waals surface area contributed by atoms with Crippen LogP contribution in [0.25, 0.3) is 0 Å². The summed E-state index contributed by atoms with van der Waals surface area (Å²) in [6.45, 7) is 7.66. The van der Waals surface area contributed by atoms with Crippen molar-refractivity contribution < 1.29 is 9.53 Å². The Kier molecular flexibility index (Phi) is 5.68. The van der Waals surface area contributed by atoms with Crippen LogP contribution in [-0.2, 0) is 4.74 Å². The van der Waals surface area contributed by atoms with Crippen LogP contribution in [0.5, 0.6) is 0 Å². The monoisotopic (exact) mass is 316 g/mol. The molecule has 3 rings (SSSR count). The number of ether oxygens (including phenoxy) is 1. The van der Waals surface area contributed by atoms with Crippen molar-refractivity contribution in [2.45, 2.75) is 38.7 Å². The second-order valence-corrected chi connectivity index (χ2v) is 6.80. The van der Waals surface area contributed by atoms with Gasteiger partial charge in [-0.2, -0.15) is 0 Å². The molecule has 1 atom stereocenters. The zero-order chi connectivity index (χ0) is 16.1. The van der Waals surface area contributed by atoms with E-state index in [1.54, 1.807) is 0 Å². The normalized spacial score (nSPS) is 23.5. The van der Waals surface area contributed by atoms with E-state index in [9.17, 15) is 4.79 Å². The maximum Gasteiger partial charge on any atom is 0.253 e. The number of hydrogen-bond donors (Lipinski definition) is 0. The lowest BCUT2D eigenvalue weighted by Gasteiger charge is -2.29. The van der Waals surface area contributed by atoms with Gasteiger partial charge in [-0.25, -0.2) is 0 Å². The number of rotatable bonds is 3. The summed E-state index contributed by atoms with van der Waals surface area (Å²) in [6.07, 6.45) is 5.11. The van der Waals surface area contributed by atoms with Gasteiger partial charge < -0.3 is 9.64 Å². The van der Waals surface area contributed by atoms with Crippen molar-refractivity contribution in [1.82, 2.24) is 9.80 Å². The molecule has 23 heavy (non-hydrogen) atoms. The van der Waals surface area contributed by atoms with Crippen molar-refractivity contribution in [2.75, 3.05) is 39.3 Å². The van der Waals surface area contributed by atoms with Crippen LogP contribution in [0.1, 0.15) is 41.6 Å². The summed E-state index contributed by atoms with van der Waals surface area (Å²) in [5.41, 5.74) is 1.95. The Labute approximate surface area is 139 Å². The Hall–Kier alpha value is -1.39. The Balaban J connectivity index is 1.54. The Morgan fingerprint density at radius 3 is 2.87 bits per heavy atom. The maximum absolute atomic E-state index is 12.7. The number of aryl methyl sites for hydroxylation is 1. The van der Waals surface area contributed by atoms with Gasteiger partial charge in [-0.15, -0.1) is 0 Å². The first-order chi connectivity index (χ1) is 11.2. The number of carbonyl (C=O) groups is 1. The molecule has 1 aromatic carbocycles. The van der Waals surface area contributed by atoms with Gasteiger partial charge in [-0.05, 0) is 51.3 Å². The highest BCUT2D eigenvalue weighted by Gasteiger charge is 2.23. The molecule has 0 aliphatic carbocycles. The van der Waals surface area contributed by atoms with Crippen LogP contribution in [0.15, 0.2) is 24.3 Å². The second-order valence-electron chi connectivity index (χ2n) is 6.80. The van der Waals surface area contributed by atoms with Crippen LogP contribution >= 0.6 is 0 Å². The van der Waals surface area contributed by atoms with E-state index in [-0.39, 0.29) is 5.91 Å². The molecule has 0 N–H and O–H groups in total. The molecule has 0 aromatic heterocycles. The Bertz CT molecular complexity index is 526. The molecule has 2 fully saturated rings.